The largest absolute Gasteiger partial charge is 0.444 e. The molecule has 1 aromatic rings. The van der Waals surface area contributed by atoms with E-state index in [0.29, 0.717) is 13.1 Å². The highest BCUT2D eigenvalue weighted by atomic mass is 16.6. The fourth-order valence-electron chi connectivity index (χ4n) is 3.46. The summed E-state index contributed by atoms with van der Waals surface area (Å²) >= 11 is 0. The van der Waals surface area contributed by atoms with E-state index in [2.05, 4.69) is 35.2 Å². The van der Waals surface area contributed by atoms with Crippen LogP contribution in [0.15, 0.2) is 24.3 Å². The summed E-state index contributed by atoms with van der Waals surface area (Å²) in [4.78, 5) is 16.2. The van der Waals surface area contributed by atoms with Gasteiger partial charge in [0.25, 0.3) is 0 Å². The molecule has 1 heterocycles. The van der Waals surface area contributed by atoms with Crippen LogP contribution in [-0.4, -0.2) is 42.8 Å². The first kappa shape index (κ1) is 17.6. The van der Waals surface area contributed by atoms with Crippen molar-refractivity contribution in [3.05, 3.63) is 29.8 Å². The van der Waals surface area contributed by atoms with Crippen LogP contribution in [0.25, 0.3) is 0 Å². The minimum Gasteiger partial charge on any atom is -0.444 e. The number of rotatable bonds is 2. The molecule has 1 aliphatic heterocycles. The molecule has 25 heavy (non-hydrogen) atoms. The molecule has 0 atom stereocenters. The number of nitriles is 1. The highest BCUT2D eigenvalue weighted by Crippen LogP contribution is 2.43. The smallest absolute Gasteiger partial charge is 0.410 e. The van der Waals surface area contributed by atoms with Gasteiger partial charge in [-0.3, -0.25) is 0 Å². The van der Waals surface area contributed by atoms with E-state index in [0.717, 1.165) is 43.6 Å². The minimum atomic E-state index is -0.456. The van der Waals surface area contributed by atoms with E-state index in [-0.39, 0.29) is 11.5 Å². The summed E-state index contributed by atoms with van der Waals surface area (Å²) in [7, 11) is 0. The Bertz CT molecular complexity index is 658. The Kier molecular flexibility index (Phi) is 4.64. The van der Waals surface area contributed by atoms with Crippen LogP contribution < -0.4 is 4.90 Å². The molecule has 1 saturated heterocycles. The van der Waals surface area contributed by atoms with Crippen LogP contribution in [0.2, 0.25) is 0 Å². The number of nitrogens with zero attached hydrogens (tertiary/aromatic N) is 3. The molecular weight excluding hydrogens is 314 g/mol. The molecule has 0 bridgehead atoms. The fourth-order valence-corrected chi connectivity index (χ4v) is 3.46. The predicted molar refractivity (Wildman–Crippen MR) is 97.6 cm³/mol. The first-order chi connectivity index (χ1) is 11.8. The van der Waals surface area contributed by atoms with Crippen LogP contribution in [0.1, 0.15) is 45.6 Å². The van der Waals surface area contributed by atoms with Gasteiger partial charge in [0.1, 0.15) is 5.60 Å². The molecule has 1 amide bonds. The molecule has 5 nitrogen and oxygen atoms in total. The number of amides is 1. The molecule has 5 heteroatoms. The second-order valence-corrected chi connectivity index (χ2v) is 8.05. The number of ether oxygens (including phenoxy) is 1. The number of hydrogen-bond acceptors (Lipinski definition) is 4. The van der Waals surface area contributed by atoms with E-state index >= 15 is 0 Å². The van der Waals surface area contributed by atoms with Gasteiger partial charge in [0.2, 0.25) is 0 Å². The number of piperazine rings is 1. The van der Waals surface area contributed by atoms with Gasteiger partial charge >= 0.3 is 6.09 Å². The lowest BCUT2D eigenvalue weighted by molar-refractivity contribution is 0.0240. The summed E-state index contributed by atoms with van der Waals surface area (Å²) in [5.41, 5.74) is 1.58. The van der Waals surface area contributed by atoms with Crippen molar-refractivity contribution >= 4 is 11.8 Å². The zero-order chi connectivity index (χ0) is 18.1. The van der Waals surface area contributed by atoms with Crippen LogP contribution in [-0.2, 0) is 10.2 Å². The maximum atomic E-state index is 12.1. The normalized spacial score (nSPS) is 19.8. The van der Waals surface area contributed by atoms with Gasteiger partial charge in [0, 0.05) is 31.9 Å². The lowest BCUT2D eigenvalue weighted by Gasteiger charge is -2.38. The Morgan fingerprint density at radius 2 is 1.72 bits per heavy atom. The maximum Gasteiger partial charge on any atom is 0.410 e. The third kappa shape index (κ3) is 3.73. The summed E-state index contributed by atoms with van der Waals surface area (Å²) in [6.45, 7) is 8.58. The van der Waals surface area contributed by atoms with Gasteiger partial charge < -0.3 is 14.5 Å². The monoisotopic (exact) mass is 341 g/mol. The summed E-state index contributed by atoms with van der Waals surface area (Å²) < 4.78 is 5.44. The molecule has 1 aromatic carbocycles. The van der Waals surface area contributed by atoms with Gasteiger partial charge in [-0.15, -0.1) is 0 Å². The Labute approximate surface area is 150 Å². The molecule has 3 rings (SSSR count). The predicted octanol–water partition coefficient (Wildman–Crippen LogP) is 3.69. The molecule has 0 spiro atoms. The van der Waals surface area contributed by atoms with Crippen LogP contribution >= 0.6 is 0 Å². The maximum absolute atomic E-state index is 12.1. The molecule has 134 valence electrons. The van der Waals surface area contributed by atoms with Crippen molar-refractivity contribution in [2.75, 3.05) is 31.1 Å². The SMILES string of the molecule is CC(C)(C)OC(=O)N1CCN(c2ccc(C3(C#N)CCC3)cc2)CC1. The number of benzene rings is 1. The first-order valence-electron chi connectivity index (χ1n) is 9.08. The molecule has 1 saturated carbocycles. The van der Waals surface area contributed by atoms with Gasteiger partial charge in [0.15, 0.2) is 0 Å². The van der Waals surface area contributed by atoms with Gasteiger partial charge in [-0.05, 0) is 57.7 Å². The second-order valence-electron chi connectivity index (χ2n) is 8.05. The quantitative estimate of drug-likeness (QED) is 0.823. The van der Waals surface area contributed by atoms with Gasteiger partial charge in [-0.25, -0.2) is 4.79 Å². The molecule has 0 radical (unpaired) electrons. The van der Waals surface area contributed by atoms with E-state index in [1.54, 1.807) is 4.90 Å². The molecule has 1 aliphatic carbocycles. The Morgan fingerprint density at radius 1 is 1.12 bits per heavy atom. The summed E-state index contributed by atoms with van der Waals surface area (Å²) in [6.07, 6.45) is 2.85. The number of anilines is 1. The lowest BCUT2D eigenvalue weighted by atomic mass is 9.65. The highest BCUT2D eigenvalue weighted by Gasteiger charge is 2.38. The third-order valence-electron chi connectivity index (χ3n) is 5.14. The Balaban J connectivity index is 1.58. The third-order valence-corrected chi connectivity index (χ3v) is 5.14. The molecule has 0 unspecified atom stereocenters. The summed E-state index contributed by atoms with van der Waals surface area (Å²) in [5.74, 6) is 0. The molecule has 0 N–H and O–H groups in total. The average molecular weight is 341 g/mol. The van der Waals surface area contributed by atoms with Gasteiger partial charge in [-0.1, -0.05) is 12.1 Å². The lowest BCUT2D eigenvalue weighted by Crippen LogP contribution is -2.50. The van der Waals surface area contributed by atoms with Gasteiger partial charge in [-0.2, -0.15) is 5.26 Å². The molecule has 2 aliphatic rings. The molecule has 2 fully saturated rings. The van der Waals surface area contributed by atoms with Crippen molar-refractivity contribution in [1.82, 2.24) is 4.90 Å². The standard InChI is InChI=1S/C20H27N3O2/c1-19(2,3)25-18(24)23-13-11-22(12-14-23)17-7-5-16(6-8-17)20(15-21)9-4-10-20/h5-8H,4,9-14H2,1-3H3. The highest BCUT2D eigenvalue weighted by molar-refractivity contribution is 5.68. The van der Waals surface area contributed by atoms with Crippen LogP contribution in [0.5, 0.6) is 0 Å². The zero-order valence-corrected chi connectivity index (χ0v) is 15.4. The molecule has 0 aromatic heterocycles. The van der Waals surface area contributed by atoms with E-state index in [4.69, 9.17) is 4.74 Å². The van der Waals surface area contributed by atoms with Crippen LogP contribution in [0.3, 0.4) is 0 Å². The van der Waals surface area contributed by atoms with E-state index in [1.165, 1.54) is 0 Å². The Morgan fingerprint density at radius 3 is 2.16 bits per heavy atom. The number of hydrogen-bond donors (Lipinski definition) is 0. The zero-order valence-electron chi connectivity index (χ0n) is 15.4. The fraction of sp³-hybridized carbons (Fsp3) is 0.600. The van der Waals surface area contributed by atoms with E-state index in [1.807, 2.05) is 20.8 Å². The van der Waals surface area contributed by atoms with E-state index in [9.17, 15) is 10.1 Å². The minimum absolute atomic E-state index is 0.233. The summed E-state index contributed by atoms with van der Waals surface area (Å²) in [5, 5.41) is 9.46. The van der Waals surface area contributed by atoms with Crippen molar-refractivity contribution < 1.29 is 9.53 Å². The van der Waals surface area contributed by atoms with Crippen molar-refractivity contribution in [1.29, 1.82) is 5.26 Å². The van der Waals surface area contributed by atoms with E-state index < -0.39 is 5.60 Å². The van der Waals surface area contributed by atoms with Crippen molar-refractivity contribution in [3.8, 4) is 6.07 Å². The topological polar surface area (TPSA) is 56.6 Å². The van der Waals surface area contributed by atoms with Crippen molar-refractivity contribution in [3.63, 3.8) is 0 Å². The summed E-state index contributed by atoms with van der Waals surface area (Å²) in [6, 6.07) is 10.9. The van der Waals surface area contributed by atoms with Crippen LogP contribution in [0, 0.1) is 11.3 Å². The average Bonchev–Trinajstić information content (AvgIpc) is 2.54. The van der Waals surface area contributed by atoms with Gasteiger partial charge in [0.05, 0.1) is 11.5 Å². The number of carbonyl (C=O) groups excluding carboxylic acids is 1. The van der Waals surface area contributed by atoms with Crippen LogP contribution in [0.4, 0.5) is 10.5 Å². The van der Waals surface area contributed by atoms with Crippen molar-refractivity contribution in [2.45, 2.75) is 51.0 Å². The Hall–Kier alpha value is -2.22. The molecular formula is C20H27N3O2. The number of carbonyl (C=O) groups is 1. The first-order valence-corrected chi connectivity index (χ1v) is 9.08. The van der Waals surface area contributed by atoms with Crippen molar-refractivity contribution in [2.24, 2.45) is 0 Å². The second kappa shape index (κ2) is 6.59.